The van der Waals surface area contributed by atoms with E-state index in [4.69, 9.17) is 0 Å². The van der Waals surface area contributed by atoms with E-state index < -0.39 is 0 Å². The molecule has 1 amide bonds. The quantitative estimate of drug-likeness (QED) is 0.769. The maximum absolute atomic E-state index is 13.1. The number of carbonyl (C=O) groups is 1. The second-order valence-corrected chi connectivity index (χ2v) is 6.51. The third-order valence-corrected chi connectivity index (χ3v) is 4.69. The van der Waals surface area contributed by atoms with Crippen LogP contribution in [0, 0.1) is 5.82 Å². The summed E-state index contributed by atoms with van der Waals surface area (Å²) >= 11 is 0. The van der Waals surface area contributed by atoms with Crippen molar-refractivity contribution >= 4 is 5.91 Å². The van der Waals surface area contributed by atoms with Gasteiger partial charge < -0.3 is 4.90 Å². The van der Waals surface area contributed by atoms with Crippen molar-refractivity contribution < 1.29 is 9.18 Å². The minimum absolute atomic E-state index is 0.0687. The number of halogens is 1. The Balaban J connectivity index is 1.54. The van der Waals surface area contributed by atoms with Crippen molar-refractivity contribution in [3.05, 3.63) is 76.4 Å². The second kappa shape index (κ2) is 7.14. The van der Waals surface area contributed by atoms with E-state index in [0.29, 0.717) is 30.3 Å². The van der Waals surface area contributed by atoms with Crippen molar-refractivity contribution in [1.29, 1.82) is 0 Å². The molecule has 1 aliphatic heterocycles. The summed E-state index contributed by atoms with van der Waals surface area (Å²) in [7, 11) is 0. The average Bonchev–Trinajstić information content (AvgIpc) is 3.10. The molecule has 1 fully saturated rings. The van der Waals surface area contributed by atoms with Crippen molar-refractivity contribution in [2.24, 2.45) is 0 Å². The Morgan fingerprint density at radius 3 is 2.74 bits per heavy atom. The molecule has 1 saturated heterocycles. The molecule has 4 rings (SSSR count). The van der Waals surface area contributed by atoms with E-state index in [-0.39, 0.29) is 23.3 Å². The van der Waals surface area contributed by atoms with Crippen molar-refractivity contribution in [2.45, 2.75) is 18.8 Å². The van der Waals surface area contributed by atoms with Gasteiger partial charge in [-0.25, -0.2) is 14.2 Å². The number of nitrogens with zero attached hydrogens (tertiary/aromatic N) is 4. The van der Waals surface area contributed by atoms with E-state index in [9.17, 15) is 14.0 Å². The first kappa shape index (κ1) is 17.1. The van der Waals surface area contributed by atoms with E-state index >= 15 is 0 Å². The van der Waals surface area contributed by atoms with Gasteiger partial charge in [-0.1, -0.05) is 6.07 Å². The number of hydrogen-bond acceptors (Lipinski definition) is 4. The Morgan fingerprint density at radius 2 is 2.00 bits per heavy atom. The Bertz CT molecular complexity index is 997. The maximum atomic E-state index is 13.1. The molecule has 3 heterocycles. The smallest absolute Gasteiger partial charge is 0.338 e. The van der Waals surface area contributed by atoms with Crippen LogP contribution in [0.1, 0.15) is 34.9 Å². The molecule has 1 unspecified atom stereocenters. The number of aromatic nitrogens is 4. The lowest BCUT2D eigenvalue weighted by Crippen LogP contribution is -2.39. The summed E-state index contributed by atoms with van der Waals surface area (Å²) in [6.45, 7) is 1.07. The van der Waals surface area contributed by atoms with Gasteiger partial charge in [-0.3, -0.25) is 9.78 Å². The second-order valence-electron chi connectivity index (χ2n) is 6.51. The number of benzene rings is 1. The van der Waals surface area contributed by atoms with Crippen LogP contribution >= 0.6 is 0 Å². The number of piperidine rings is 1. The molecule has 7 nitrogen and oxygen atoms in total. The Labute approximate surface area is 154 Å². The van der Waals surface area contributed by atoms with Crippen molar-refractivity contribution in [3.63, 3.8) is 0 Å². The summed E-state index contributed by atoms with van der Waals surface area (Å²) in [5.74, 6) is 0.398. The SMILES string of the molecule is O=C(c1ccc(F)cc1)N1CCCC(c2nn(-c3ccccn3)c(=O)[nH]2)C1. The fourth-order valence-electron chi connectivity index (χ4n) is 3.32. The first-order valence-corrected chi connectivity index (χ1v) is 8.77. The lowest BCUT2D eigenvalue weighted by molar-refractivity contribution is 0.0704. The van der Waals surface area contributed by atoms with E-state index in [1.165, 1.54) is 28.9 Å². The molecule has 1 aliphatic rings. The zero-order valence-electron chi connectivity index (χ0n) is 14.5. The molecule has 0 saturated carbocycles. The lowest BCUT2D eigenvalue weighted by atomic mass is 9.97. The third kappa shape index (κ3) is 3.51. The van der Waals surface area contributed by atoms with Crippen LogP contribution in [0.5, 0.6) is 0 Å². The van der Waals surface area contributed by atoms with Crippen molar-refractivity contribution in [2.75, 3.05) is 13.1 Å². The predicted octanol–water partition coefficient (Wildman–Crippen LogP) is 2.11. The number of carbonyl (C=O) groups excluding carboxylic acids is 1. The highest BCUT2D eigenvalue weighted by Gasteiger charge is 2.28. The zero-order valence-corrected chi connectivity index (χ0v) is 14.5. The van der Waals surface area contributed by atoms with E-state index in [0.717, 1.165) is 12.8 Å². The molecule has 0 aliphatic carbocycles. The highest BCUT2D eigenvalue weighted by Crippen LogP contribution is 2.25. The number of nitrogens with one attached hydrogen (secondary N) is 1. The van der Waals surface area contributed by atoms with Gasteiger partial charge in [-0.2, -0.15) is 4.68 Å². The van der Waals surface area contributed by atoms with Gasteiger partial charge in [-0.05, 0) is 49.2 Å². The normalized spacial score (nSPS) is 17.1. The first-order valence-electron chi connectivity index (χ1n) is 8.77. The standard InChI is InChI=1S/C19H18FN5O2/c20-15-8-6-13(7-9-15)18(26)24-11-3-4-14(12-24)17-22-19(27)25(23-17)16-5-1-2-10-21-16/h1-2,5-10,14H,3-4,11-12H2,(H,22,23,27). The van der Waals surface area contributed by atoms with Crippen LogP contribution in [-0.4, -0.2) is 43.6 Å². The number of hydrogen-bond donors (Lipinski definition) is 1. The van der Waals surface area contributed by atoms with Gasteiger partial charge in [0, 0.05) is 30.8 Å². The summed E-state index contributed by atoms with van der Waals surface area (Å²) in [5, 5.41) is 4.38. The van der Waals surface area contributed by atoms with Crippen molar-refractivity contribution in [3.8, 4) is 5.82 Å². The molecule has 8 heteroatoms. The maximum Gasteiger partial charge on any atom is 0.349 e. The summed E-state index contributed by atoms with van der Waals surface area (Å²) < 4.78 is 14.3. The summed E-state index contributed by atoms with van der Waals surface area (Å²) in [5.41, 5.74) is 0.0928. The molecule has 0 radical (unpaired) electrons. The van der Waals surface area contributed by atoms with Crippen LogP contribution in [0.4, 0.5) is 4.39 Å². The van der Waals surface area contributed by atoms with Gasteiger partial charge in [0.2, 0.25) is 0 Å². The lowest BCUT2D eigenvalue weighted by Gasteiger charge is -2.31. The first-order chi connectivity index (χ1) is 13.1. The van der Waals surface area contributed by atoms with Gasteiger partial charge in [0.15, 0.2) is 5.82 Å². The van der Waals surface area contributed by atoms with Crippen LogP contribution in [0.2, 0.25) is 0 Å². The number of H-pyrrole nitrogens is 1. The molecule has 2 aromatic heterocycles. The number of pyridine rings is 1. The van der Waals surface area contributed by atoms with Gasteiger partial charge in [0.05, 0.1) is 0 Å². The third-order valence-electron chi connectivity index (χ3n) is 4.69. The minimum atomic E-state index is -0.374. The minimum Gasteiger partial charge on any atom is -0.338 e. The molecule has 1 atom stereocenters. The number of rotatable bonds is 3. The summed E-state index contributed by atoms with van der Waals surface area (Å²) in [6, 6.07) is 10.8. The van der Waals surface area contributed by atoms with Crippen LogP contribution < -0.4 is 5.69 Å². The highest BCUT2D eigenvalue weighted by molar-refractivity contribution is 5.94. The molecule has 3 aromatic rings. The van der Waals surface area contributed by atoms with Gasteiger partial charge in [0.25, 0.3) is 5.91 Å². The molecule has 27 heavy (non-hydrogen) atoms. The molecular weight excluding hydrogens is 349 g/mol. The highest BCUT2D eigenvalue weighted by atomic mass is 19.1. The fraction of sp³-hybridized carbons (Fsp3) is 0.263. The Hall–Kier alpha value is -3.29. The summed E-state index contributed by atoms with van der Waals surface area (Å²) in [4.78, 5) is 33.6. The van der Waals surface area contributed by atoms with Crippen LogP contribution in [-0.2, 0) is 0 Å². The van der Waals surface area contributed by atoms with Crippen molar-refractivity contribution in [1.82, 2.24) is 24.6 Å². The monoisotopic (exact) mass is 367 g/mol. The predicted molar refractivity (Wildman–Crippen MR) is 96.3 cm³/mol. The largest absolute Gasteiger partial charge is 0.349 e. The Morgan fingerprint density at radius 1 is 1.19 bits per heavy atom. The molecular formula is C19H18FN5O2. The fourth-order valence-corrected chi connectivity index (χ4v) is 3.32. The number of aromatic amines is 1. The van der Waals surface area contributed by atoms with Crippen LogP contribution in [0.25, 0.3) is 5.82 Å². The van der Waals surface area contributed by atoms with E-state index in [1.807, 2.05) is 0 Å². The van der Waals surface area contributed by atoms with Crippen LogP contribution in [0.3, 0.4) is 0 Å². The Kier molecular flexibility index (Phi) is 4.53. The summed E-state index contributed by atoms with van der Waals surface area (Å²) in [6.07, 6.45) is 3.22. The van der Waals surface area contributed by atoms with E-state index in [2.05, 4.69) is 15.1 Å². The molecule has 1 N–H and O–H groups in total. The average molecular weight is 367 g/mol. The number of amides is 1. The topological polar surface area (TPSA) is 83.9 Å². The van der Waals surface area contributed by atoms with Gasteiger partial charge in [-0.15, -0.1) is 5.10 Å². The zero-order chi connectivity index (χ0) is 18.8. The molecule has 138 valence electrons. The van der Waals surface area contributed by atoms with Crippen LogP contribution in [0.15, 0.2) is 53.5 Å². The molecule has 1 aromatic carbocycles. The van der Waals surface area contributed by atoms with E-state index in [1.54, 1.807) is 29.3 Å². The molecule has 0 spiro atoms. The number of likely N-dealkylation sites (tertiary alicyclic amines) is 1. The van der Waals surface area contributed by atoms with Gasteiger partial charge >= 0.3 is 5.69 Å². The molecule has 0 bridgehead atoms. The van der Waals surface area contributed by atoms with Gasteiger partial charge in [0.1, 0.15) is 11.6 Å².